The maximum Gasteiger partial charge on any atom is 0.256 e. The normalized spacial score (nSPS) is 20.4. The van der Waals surface area contributed by atoms with E-state index >= 15 is 0 Å². The third-order valence-corrected chi connectivity index (χ3v) is 5.90. The number of aryl methyl sites for hydroxylation is 1. The molecule has 0 aliphatic carbocycles. The Balaban J connectivity index is 1.54. The van der Waals surface area contributed by atoms with Crippen LogP contribution >= 0.6 is 0 Å². The Morgan fingerprint density at radius 3 is 2.13 bits per heavy atom. The standard InChI is InChI=1S/C23H24N2O5/c1-16-7-9-18(10-8-16)20(26)24-13-11-23(12-14-24)25(19(15-30-23)22(28)29)21(27)17-5-3-2-4-6-17/h2-10,19H,11-15H2,1H3,(H,28,29)/p-1/t19-/m0/s1. The van der Waals surface area contributed by atoms with E-state index in [-0.39, 0.29) is 12.5 Å². The van der Waals surface area contributed by atoms with Crippen LogP contribution in [0.1, 0.15) is 39.1 Å². The summed E-state index contributed by atoms with van der Waals surface area (Å²) in [4.78, 5) is 40.7. The van der Waals surface area contributed by atoms with E-state index in [1.807, 2.05) is 19.1 Å². The molecule has 156 valence electrons. The molecular weight excluding hydrogens is 384 g/mol. The fraction of sp³-hybridized carbons (Fsp3) is 0.348. The van der Waals surface area contributed by atoms with Crippen LogP contribution in [0.3, 0.4) is 0 Å². The number of carbonyl (C=O) groups is 3. The van der Waals surface area contributed by atoms with Crippen LogP contribution in [0.2, 0.25) is 0 Å². The fourth-order valence-corrected chi connectivity index (χ4v) is 4.21. The maximum absolute atomic E-state index is 13.2. The molecule has 30 heavy (non-hydrogen) atoms. The summed E-state index contributed by atoms with van der Waals surface area (Å²) in [6, 6.07) is 14.8. The highest BCUT2D eigenvalue weighted by Crippen LogP contribution is 2.38. The smallest absolute Gasteiger partial charge is 0.256 e. The van der Waals surface area contributed by atoms with Gasteiger partial charge in [0, 0.05) is 37.1 Å². The molecule has 1 spiro atoms. The van der Waals surface area contributed by atoms with Gasteiger partial charge in [0.25, 0.3) is 11.8 Å². The van der Waals surface area contributed by atoms with Crippen LogP contribution in [0, 0.1) is 6.92 Å². The SMILES string of the molecule is Cc1ccc(C(=O)N2CCC3(CC2)OC[C@@H](C(=O)[O-])N3C(=O)c2ccccc2)cc1. The second-order valence-electron chi connectivity index (χ2n) is 7.79. The van der Waals surface area contributed by atoms with Crippen molar-refractivity contribution in [1.29, 1.82) is 0 Å². The number of hydrogen-bond donors (Lipinski definition) is 0. The van der Waals surface area contributed by atoms with E-state index in [1.165, 1.54) is 4.90 Å². The summed E-state index contributed by atoms with van der Waals surface area (Å²) >= 11 is 0. The number of ether oxygens (including phenoxy) is 1. The molecule has 2 saturated heterocycles. The molecule has 0 N–H and O–H groups in total. The molecule has 2 fully saturated rings. The van der Waals surface area contributed by atoms with Crippen molar-refractivity contribution in [2.24, 2.45) is 0 Å². The minimum absolute atomic E-state index is 0.0831. The van der Waals surface area contributed by atoms with Gasteiger partial charge in [0.1, 0.15) is 5.72 Å². The summed E-state index contributed by atoms with van der Waals surface area (Å²) in [6.45, 7) is 2.57. The number of amides is 2. The molecule has 0 unspecified atom stereocenters. The summed E-state index contributed by atoms with van der Waals surface area (Å²) in [5.41, 5.74) is 1.02. The Hall–Kier alpha value is -3.19. The highest BCUT2D eigenvalue weighted by atomic mass is 16.5. The van der Waals surface area contributed by atoms with Gasteiger partial charge in [-0.05, 0) is 31.2 Å². The van der Waals surface area contributed by atoms with Crippen LogP contribution in [-0.2, 0) is 9.53 Å². The van der Waals surface area contributed by atoms with Crippen molar-refractivity contribution in [2.75, 3.05) is 19.7 Å². The highest BCUT2D eigenvalue weighted by Gasteiger charge is 2.52. The number of carboxylic acids is 1. The molecule has 2 aromatic rings. The predicted molar refractivity (Wildman–Crippen MR) is 106 cm³/mol. The zero-order valence-corrected chi connectivity index (χ0v) is 16.7. The predicted octanol–water partition coefficient (Wildman–Crippen LogP) is 1.22. The van der Waals surface area contributed by atoms with Crippen LogP contribution in [0.25, 0.3) is 0 Å². The van der Waals surface area contributed by atoms with E-state index in [2.05, 4.69) is 0 Å². The second-order valence-corrected chi connectivity index (χ2v) is 7.79. The van der Waals surface area contributed by atoms with Gasteiger partial charge in [-0.1, -0.05) is 35.9 Å². The highest BCUT2D eigenvalue weighted by molar-refractivity contribution is 5.97. The quantitative estimate of drug-likeness (QED) is 0.763. The third-order valence-electron chi connectivity index (χ3n) is 5.90. The first-order valence-electron chi connectivity index (χ1n) is 10.0. The van der Waals surface area contributed by atoms with Gasteiger partial charge in [-0.3, -0.25) is 14.5 Å². The topological polar surface area (TPSA) is 90.0 Å². The zero-order valence-electron chi connectivity index (χ0n) is 16.7. The van der Waals surface area contributed by atoms with Gasteiger partial charge in [-0.25, -0.2) is 0 Å². The molecule has 0 aromatic heterocycles. The van der Waals surface area contributed by atoms with Gasteiger partial charge in [0.05, 0.1) is 18.6 Å². The number of carboxylic acid groups (broad SMARTS) is 1. The Labute approximate surface area is 174 Å². The summed E-state index contributed by atoms with van der Waals surface area (Å²) in [5.74, 6) is -1.82. The fourth-order valence-electron chi connectivity index (χ4n) is 4.21. The average molecular weight is 407 g/mol. The van der Waals surface area contributed by atoms with Crippen LogP contribution in [0.5, 0.6) is 0 Å². The summed E-state index contributed by atoms with van der Waals surface area (Å²) in [6.07, 6.45) is 0.680. The molecule has 7 nitrogen and oxygen atoms in total. The Morgan fingerprint density at radius 2 is 1.53 bits per heavy atom. The molecule has 2 amide bonds. The minimum atomic E-state index is -1.34. The lowest BCUT2D eigenvalue weighted by molar-refractivity contribution is -0.310. The van der Waals surface area contributed by atoms with Gasteiger partial charge < -0.3 is 19.5 Å². The van der Waals surface area contributed by atoms with Gasteiger partial charge in [-0.15, -0.1) is 0 Å². The van der Waals surface area contributed by atoms with Crippen LogP contribution < -0.4 is 5.11 Å². The molecule has 7 heteroatoms. The number of aliphatic carboxylic acids is 1. The lowest BCUT2D eigenvalue weighted by Crippen LogP contribution is -2.60. The summed E-state index contributed by atoms with van der Waals surface area (Å²) in [7, 11) is 0. The molecular formula is C23H23N2O5-. The van der Waals surface area contributed by atoms with Crippen molar-refractivity contribution < 1.29 is 24.2 Å². The van der Waals surface area contributed by atoms with E-state index in [9.17, 15) is 19.5 Å². The second kappa shape index (κ2) is 7.91. The van der Waals surface area contributed by atoms with E-state index in [4.69, 9.17) is 4.74 Å². The minimum Gasteiger partial charge on any atom is -0.548 e. The summed E-state index contributed by atoms with van der Waals surface area (Å²) in [5, 5.41) is 11.7. The number of benzene rings is 2. The molecule has 0 radical (unpaired) electrons. The lowest BCUT2D eigenvalue weighted by Gasteiger charge is -2.45. The van der Waals surface area contributed by atoms with Crippen molar-refractivity contribution >= 4 is 17.8 Å². The van der Waals surface area contributed by atoms with E-state index < -0.39 is 23.6 Å². The maximum atomic E-state index is 13.2. The van der Waals surface area contributed by atoms with Crippen LogP contribution in [0.15, 0.2) is 54.6 Å². The van der Waals surface area contributed by atoms with Gasteiger partial charge in [-0.2, -0.15) is 0 Å². The first kappa shape index (κ1) is 20.1. The van der Waals surface area contributed by atoms with Crippen LogP contribution in [-0.4, -0.2) is 59.0 Å². The number of likely N-dealkylation sites (tertiary alicyclic amines) is 1. The molecule has 2 heterocycles. The first-order valence-corrected chi connectivity index (χ1v) is 10.0. The Morgan fingerprint density at radius 1 is 0.933 bits per heavy atom. The number of nitrogens with zero attached hydrogens (tertiary/aromatic N) is 2. The molecule has 4 rings (SSSR count). The third kappa shape index (κ3) is 3.57. The zero-order chi connectivity index (χ0) is 21.3. The van der Waals surface area contributed by atoms with Crippen molar-refractivity contribution in [3.63, 3.8) is 0 Å². The van der Waals surface area contributed by atoms with Crippen molar-refractivity contribution in [3.8, 4) is 0 Å². The monoisotopic (exact) mass is 407 g/mol. The van der Waals surface area contributed by atoms with Crippen LogP contribution in [0.4, 0.5) is 0 Å². The van der Waals surface area contributed by atoms with Crippen molar-refractivity contribution in [3.05, 3.63) is 71.3 Å². The molecule has 1 atom stereocenters. The largest absolute Gasteiger partial charge is 0.548 e. The summed E-state index contributed by atoms with van der Waals surface area (Å²) < 4.78 is 5.91. The van der Waals surface area contributed by atoms with Gasteiger partial charge >= 0.3 is 0 Å². The molecule has 0 saturated carbocycles. The van der Waals surface area contributed by atoms with Gasteiger partial charge in [0.15, 0.2) is 0 Å². The lowest BCUT2D eigenvalue weighted by atomic mass is 9.96. The van der Waals surface area contributed by atoms with E-state index in [0.29, 0.717) is 37.1 Å². The van der Waals surface area contributed by atoms with Gasteiger partial charge in [0.2, 0.25) is 0 Å². The molecule has 2 aliphatic heterocycles. The number of rotatable bonds is 3. The molecule has 2 aliphatic rings. The Kier molecular flexibility index (Phi) is 5.30. The van der Waals surface area contributed by atoms with Crippen molar-refractivity contribution in [1.82, 2.24) is 9.80 Å². The molecule has 2 aromatic carbocycles. The van der Waals surface area contributed by atoms with E-state index in [1.54, 1.807) is 47.4 Å². The van der Waals surface area contributed by atoms with Crippen molar-refractivity contribution in [2.45, 2.75) is 31.5 Å². The number of piperidine rings is 1. The average Bonchev–Trinajstić information content (AvgIpc) is 3.13. The number of hydrogen-bond acceptors (Lipinski definition) is 5. The first-order chi connectivity index (χ1) is 14.4. The van der Waals surface area contributed by atoms with E-state index in [0.717, 1.165) is 5.56 Å². The number of carbonyl (C=O) groups excluding carboxylic acids is 3. The molecule has 0 bridgehead atoms. The Bertz CT molecular complexity index is 949.